The summed E-state index contributed by atoms with van der Waals surface area (Å²) in [5, 5.41) is 7.15. The number of anilines is 2. The summed E-state index contributed by atoms with van der Waals surface area (Å²) >= 11 is 0. The Kier molecular flexibility index (Phi) is 4.70. The fraction of sp³-hybridized carbons (Fsp3) is 0.316. The lowest BCUT2D eigenvalue weighted by molar-refractivity contribution is -0.117. The van der Waals surface area contributed by atoms with Crippen LogP contribution in [0.25, 0.3) is 6.08 Å². The van der Waals surface area contributed by atoms with Crippen LogP contribution >= 0.6 is 0 Å². The molecule has 25 heavy (non-hydrogen) atoms. The molecule has 1 N–H and O–H groups in total. The molecule has 1 aromatic carbocycles. The van der Waals surface area contributed by atoms with Gasteiger partial charge in [0.1, 0.15) is 0 Å². The lowest BCUT2D eigenvalue weighted by atomic mass is 10.2. The standard InChI is InChI=1S/C19H22N4O2/c1-13-19(14(2)22(3)21-13)20-17(24)11-8-15-6-9-16(10-7-15)23-12-4-5-18(23)25/h6-11H,4-5,12H2,1-3H3,(H,20,24). The lowest BCUT2D eigenvalue weighted by Crippen LogP contribution is -2.23. The Morgan fingerprint density at radius 1 is 1.24 bits per heavy atom. The average Bonchev–Trinajstić information content (AvgIpc) is 3.12. The molecule has 130 valence electrons. The van der Waals surface area contributed by atoms with Crippen LogP contribution in [0.3, 0.4) is 0 Å². The van der Waals surface area contributed by atoms with Crippen molar-refractivity contribution < 1.29 is 9.59 Å². The van der Waals surface area contributed by atoms with Crippen molar-refractivity contribution in [1.82, 2.24) is 9.78 Å². The van der Waals surface area contributed by atoms with Crippen molar-refractivity contribution in [3.63, 3.8) is 0 Å². The minimum absolute atomic E-state index is 0.171. The number of hydrogen-bond acceptors (Lipinski definition) is 3. The zero-order valence-corrected chi connectivity index (χ0v) is 14.7. The van der Waals surface area contributed by atoms with Crippen LogP contribution in [0.2, 0.25) is 0 Å². The summed E-state index contributed by atoms with van der Waals surface area (Å²) in [5.41, 5.74) is 4.27. The molecule has 0 unspecified atom stereocenters. The summed E-state index contributed by atoms with van der Waals surface area (Å²) in [4.78, 5) is 25.7. The summed E-state index contributed by atoms with van der Waals surface area (Å²) in [6, 6.07) is 7.64. The zero-order chi connectivity index (χ0) is 18.0. The Hall–Kier alpha value is -2.89. The van der Waals surface area contributed by atoms with Gasteiger partial charge in [-0.1, -0.05) is 12.1 Å². The second-order valence-corrected chi connectivity index (χ2v) is 6.23. The molecule has 2 aromatic rings. The van der Waals surface area contributed by atoms with Crippen LogP contribution in [0.15, 0.2) is 30.3 Å². The van der Waals surface area contributed by atoms with Crippen molar-refractivity contribution >= 4 is 29.3 Å². The van der Waals surface area contributed by atoms with Gasteiger partial charge in [-0.15, -0.1) is 0 Å². The molecule has 6 heteroatoms. The third-order valence-electron chi connectivity index (χ3n) is 4.46. The molecule has 1 aliphatic rings. The summed E-state index contributed by atoms with van der Waals surface area (Å²) in [5.74, 6) is -0.0251. The number of aryl methyl sites for hydroxylation is 2. The first-order chi connectivity index (χ1) is 12.0. The minimum atomic E-state index is -0.196. The largest absolute Gasteiger partial charge is 0.319 e. The number of nitrogens with zero attached hydrogens (tertiary/aromatic N) is 3. The molecular formula is C19H22N4O2. The van der Waals surface area contributed by atoms with Gasteiger partial charge in [-0.05, 0) is 44.0 Å². The highest BCUT2D eigenvalue weighted by Gasteiger charge is 2.21. The maximum absolute atomic E-state index is 12.1. The quantitative estimate of drug-likeness (QED) is 0.872. The highest BCUT2D eigenvalue weighted by Crippen LogP contribution is 2.22. The second-order valence-electron chi connectivity index (χ2n) is 6.23. The van der Waals surface area contributed by atoms with E-state index in [1.54, 1.807) is 15.7 Å². The molecule has 1 aliphatic heterocycles. The first-order valence-electron chi connectivity index (χ1n) is 8.35. The van der Waals surface area contributed by atoms with Crippen molar-refractivity contribution in [2.45, 2.75) is 26.7 Å². The van der Waals surface area contributed by atoms with Crippen molar-refractivity contribution in [2.24, 2.45) is 7.05 Å². The normalized spacial score (nSPS) is 14.5. The lowest BCUT2D eigenvalue weighted by Gasteiger charge is -2.15. The van der Waals surface area contributed by atoms with Crippen LogP contribution in [0.5, 0.6) is 0 Å². The number of hydrogen-bond donors (Lipinski definition) is 1. The van der Waals surface area contributed by atoms with Crippen LogP contribution in [-0.4, -0.2) is 28.1 Å². The SMILES string of the molecule is Cc1nn(C)c(C)c1NC(=O)C=Cc1ccc(N2CCCC2=O)cc1. The number of amides is 2. The van der Waals surface area contributed by atoms with E-state index < -0.39 is 0 Å². The number of carbonyl (C=O) groups is 2. The van der Waals surface area contributed by atoms with E-state index in [0.29, 0.717) is 6.42 Å². The van der Waals surface area contributed by atoms with Crippen molar-refractivity contribution in [3.05, 3.63) is 47.3 Å². The Balaban J connectivity index is 1.65. The molecule has 2 heterocycles. The van der Waals surface area contributed by atoms with E-state index in [0.717, 1.165) is 41.3 Å². The Labute approximate surface area is 147 Å². The molecule has 0 saturated carbocycles. The fourth-order valence-electron chi connectivity index (χ4n) is 2.98. The summed E-state index contributed by atoms with van der Waals surface area (Å²) in [6.07, 6.45) is 4.79. The van der Waals surface area contributed by atoms with E-state index in [-0.39, 0.29) is 11.8 Å². The van der Waals surface area contributed by atoms with E-state index in [1.807, 2.05) is 45.2 Å². The number of carbonyl (C=O) groups excluding carboxylic acids is 2. The Morgan fingerprint density at radius 2 is 1.96 bits per heavy atom. The van der Waals surface area contributed by atoms with Gasteiger partial charge < -0.3 is 10.2 Å². The van der Waals surface area contributed by atoms with Crippen molar-refractivity contribution in [3.8, 4) is 0 Å². The molecule has 0 radical (unpaired) electrons. The fourth-order valence-corrected chi connectivity index (χ4v) is 2.98. The van der Waals surface area contributed by atoms with Crippen molar-refractivity contribution in [2.75, 3.05) is 16.8 Å². The third-order valence-corrected chi connectivity index (χ3v) is 4.46. The molecular weight excluding hydrogens is 316 g/mol. The first-order valence-corrected chi connectivity index (χ1v) is 8.35. The van der Waals surface area contributed by atoms with Crippen LogP contribution < -0.4 is 10.2 Å². The number of benzene rings is 1. The molecule has 0 bridgehead atoms. The molecule has 0 spiro atoms. The predicted molar refractivity (Wildman–Crippen MR) is 98.4 cm³/mol. The Morgan fingerprint density at radius 3 is 2.52 bits per heavy atom. The van der Waals surface area contributed by atoms with Gasteiger partial charge >= 0.3 is 0 Å². The smallest absolute Gasteiger partial charge is 0.248 e. The van der Waals surface area contributed by atoms with E-state index in [1.165, 1.54) is 6.08 Å². The van der Waals surface area contributed by atoms with E-state index >= 15 is 0 Å². The monoisotopic (exact) mass is 338 g/mol. The molecule has 1 saturated heterocycles. The van der Waals surface area contributed by atoms with Crippen LogP contribution in [0, 0.1) is 13.8 Å². The molecule has 2 amide bonds. The van der Waals surface area contributed by atoms with E-state index in [4.69, 9.17) is 0 Å². The van der Waals surface area contributed by atoms with Gasteiger partial charge in [0.2, 0.25) is 11.8 Å². The van der Waals surface area contributed by atoms with Gasteiger partial charge in [0, 0.05) is 31.8 Å². The topological polar surface area (TPSA) is 67.2 Å². The van der Waals surface area contributed by atoms with E-state index in [9.17, 15) is 9.59 Å². The van der Waals surface area contributed by atoms with Crippen LogP contribution in [0.1, 0.15) is 29.8 Å². The molecule has 6 nitrogen and oxygen atoms in total. The minimum Gasteiger partial charge on any atom is -0.319 e. The third kappa shape index (κ3) is 3.63. The van der Waals surface area contributed by atoms with Gasteiger partial charge in [-0.25, -0.2) is 0 Å². The number of aromatic nitrogens is 2. The Bertz CT molecular complexity index is 834. The van der Waals surface area contributed by atoms with Crippen LogP contribution in [-0.2, 0) is 16.6 Å². The maximum Gasteiger partial charge on any atom is 0.248 e. The molecule has 1 aromatic heterocycles. The molecule has 0 aliphatic carbocycles. The number of rotatable bonds is 4. The zero-order valence-electron chi connectivity index (χ0n) is 14.7. The summed E-state index contributed by atoms with van der Waals surface area (Å²) in [7, 11) is 1.85. The highest BCUT2D eigenvalue weighted by atomic mass is 16.2. The number of nitrogens with one attached hydrogen (secondary N) is 1. The average molecular weight is 338 g/mol. The van der Waals surface area contributed by atoms with Crippen molar-refractivity contribution in [1.29, 1.82) is 0 Å². The highest BCUT2D eigenvalue weighted by molar-refractivity contribution is 6.02. The molecule has 0 atom stereocenters. The summed E-state index contributed by atoms with van der Waals surface area (Å²) in [6.45, 7) is 4.56. The molecule has 3 rings (SSSR count). The van der Waals surface area contributed by atoms with Gasteiger partial charge in [-0.3, -0.25) is 14.3 Å². The first kappa shape index (κ1) is 17.0. The second kappa shape index (κ2) is 6.93. The van der Waals surface area contributed by atoms with E-state index in [2.05, 4.69) is 10.4 Å². The van der Waals surface area contributed by atoms with Gasteiger partial charge in [0.25, 0.3) is 0 Å². The van der Waals surface area contributed by atoms with Crippen LogP contribution in [0.4, 0.5) is 11.4 Å². The van der Waals surface area contributed by atoms with Gasteiger partial charge in [-0.2, -0.15) is 5.10 Å². The predicted octanol–water partition coefficient (Wildman–Crippen LogP) is 2.82. The molecule has 1 fully saturated rings. The van der Waals surface area contributed by atoms with Gasteiger partial charge in [0.15, 0.2) is 0 Å². The maximum atomic E-state index is 12.1. The summed E-state index contributed by atoms with van der Waals surface area (Å²) < 4.78 is 1.74. The van der Waals surface area contributed by atoms with Gasteiger partial charge in [0.05, 0.1) is 17.1 Å².